The molecule has 0 saturated carbocycles. The van der Waals surface area contributed by atoms with Gasteiger partial charge in [0, 0.05) is 6.42 Å². The monoisotopic (exact) mass is 510 g/mol. The molecule has 37 heavy (non-hydrogen) atoms. The number of aromatic hydroxyl groups is 1. The third-order valence-corrected chi connectivity index (χ3v) is 6.04. The van der Waals surface area contributed by atoms with Crippen molar-refractivity contribution in [2.75, 3.05) is 0 Å². The van der Waals surface area contributed by atoms with Crippen LogP contribution in [0.1, 0.15) is 44.4 Å². The van der Waals surface area contributed by atoms with Gasteiger partial charge in [-0.25, -0.2) is 0 Å². The fourth-order valence-electron chi connectivity index (χ4n) is 3.95. The van der Waals surface area contributed by atoms with Crippen molar-refractivity contribution in [3.05, 3.63) is 65.7 Å². The predicted molar refractivity (Wildman–Crippen MR) is 136 cm³/mol. The molecule has 1 saturated heterocycles. The summed E-state index contributed by atoms with van der Waals surface area (Å²) in [6.45, 7) is 5.62. The highest BCUT2D eigenvalue weighted by molar-refractivity contribution is 5.97. The smallest absolute Gasteiger partial charge is 0.253 e. The summed E-state index contributed by atoms with van der Waals surface area (Å²) in [6, 6.07) is 13.4. The van der Waals surface area contributed by atoms with Crippen molar-refractivity contribution in [3.63, 3.8) is 0 Å². The number of nitrogens with two attached hydrogens (primary N) is 1. The molecular weight excluding hydrogens is 476 g/mol. The van der Waals surface area contributed by atoms with Crippen LogP contribution in [0, 0.1) is 5.92 Å². The summed E-state index contributed by atoms with van der Waals surface area (Å²) < 4.78 is 5.32. The summed E-state index contributed by atoms with van der Waals surface area (Å²) in [6.07, 6.45) is -1.52. The number of phenols is 1. The fraction of sp³-hybridized carbons (Fsp3) is 0.407. The molecule has 3 rings (SSSR count). The van der Waals surface area contributed by atoms with E-state index in [4.69, 9.17) is 10.5 Å². The van der Waals surface area contributed by atoms with Gasteiger partial charge in [0.1, 0.15) is 17.8 Å². The van der Waals surface area contributed by atoms with Crippen molar-refractivity contribution in [2.45, 2.75) is 63.9 Å². The maximum Gasteiger partial charge on any atom is 0.253 e. The highest BCUT2D eigenvalue weighted by atomic mass is 16.6. The van der Waals surface area contributed by atoms with Gasteiger partial charge in [-0.3, -0.25) is 19.2 Å². The molecule has 6 N–H and O–H groups in total. The molecule has 10 heteroatoms. The van der Waals surface area contributed by atoms with Crippen LogP contribution in [0.15, 0.2) is 54.6 Å². The van der Waals surface area contributed by atoms with E-state index < -0.39 is 47.9 Å². The Morgan fingerprint density at radius 1 is 0.865 bits per heavy atom. The van der Waals surface area contributed by atoms with Crippen LogP contribution in [-0.4, -0.2) is 53.0 Å². The minimum atomic E-state index is -1.02. The highest BCUT2D eigenvalue weighted by Gasteiger charge is 2.51. The molecule has 0 unspecified atom stereocenters. The maximum absolute atomic E-state index is 13.0. The first-order valence-electron chi connectivity index (χ1n) is 12.2. The lowest BCUT2D eigenvalue weighted by atomic mass is 10.0. The molecule has 1 aliphatic rings. The van der Waals surface area contributed by atoms with E-state index in [1.165, 1.54) is 12.1 Å². The Kier molecular flexibility index (Phi) is 9.24. The number of epoxide rings is 1. The number of hydrogen-bond acceptors (Lipinski definition) is 6. The van der Waals surface area contributed by atoms with Crippen LogP contribution in [0.25, 0.3) is 0 Å². The van der Waals surface area contributed by atoms with Gasteiger partial charge in [0.25, 0.3) is 11.8 Å². The predicted octanol–water partition coefficient (Wildman–Crippen LogP) is 1.08. The van der Waals surface area contributed by atoms with Gasteiger partial charge < -0.3 is 31.5 Å². The molecule has 10 nitrogen and oxygen atoms in total. The van der Waals surface area contributed by atoms with Crippen LogP contribution in [0.2, 0.25) is 0 Å². The minimum Gasteiger partial charge on any atom is -0.508 e. The van der Waals surface area contributed by atoms with E-state index in [1.54, 1.807) is 12.1 Å². The number of primary amides is 1. The Morgan fingerprint density at radius 3 is 2.03 bits per heavy atom. The van der Waals surface area contributed by atoms with Crippen molar-refractivity contribution < 1.29 is 29.0 Å². The van der Waals surface area contributed by atoms with Gasteiger partial charge in [0.15, 0.2) is 12.2 Å². The van der Waals surface area contributed by atoms with E-state index >= 15 is 0 Å². The van der Waals surface area contributed by atoms with Crippen molar-refractivity contribution in [1.29, 1.82) is 0 Å². The summed E-state index contributed by atoms with van der Waals surface area (Å²) in [5, 5.41) is 17.5. The second-order valence-corrected chi connectivity index (χ2v) is 9.64. The topological polar surface area (TPSA) is 163 Å². The molecule has 0 radical (unpaired) electrons. The fourth-order valence-corrected chi connectivity index (χ4v) is 3.95. The molecule has 0 spiro atoms. The molecule has 198 valence electrons. The number of carbonyl (C=O) groups is 4. The highest BCUT2D eigenvalue weighted by Crippen LogP contribution is 2.24. The van der Waals surface area contributed by atoms with Gasteiger partial charge >= 0.3 is 0 Å². The number of amides is 4. The zero-order valence-corrected chi connectivity index (χ0v) is 21.1. The minimum absolute atomic E-state index is 0.0473. The van der Waals surface area contributed by atoms with Crippen molar-refractivity contribution >= 4 is 23.6 Å². The number of ether oxygens (including phenoxy) is 1. The second kappa shape index (κ2) is 12.4. The maximum atomic E-state index is 13.0. The zero-order valence-electron chi connectivity index (χ0n) is 21.1. The van der Waals surface area contributed by atoms with Crippen LogP contribution < -0.4 is 21.7 Å². The molecule has 1 heterocycles. The van der Waals surface area contributed by atoms with Gasteiger partial charge in [-0.1, -0.05) is 56.3 Å². The van der Waals surface area contributed by atoms with E-state index in [9.17, 15) is 24.3 Å². The number of nitrogens with one attached hydrogen (secondary N) is 3. The lowest BCUT2D eigenvalue weighted by Gasteiger charge is -2.23. The van der Waals surface area contributed by atoms with Gasteiger partial charge in [-0.15, -0.1) is 0 Å². The van der Waals surface area contributed by atoms with Crippen LogP contribution in [0.4, 0.5) is 0 Å². The standard InChI is InChI=1S/C27H34N4O6/c1-15(2)13-21(25(34)30-20(24(28)33)14-17-9-11-19(32)12-10-17)31-27(36)23-22(37-23)26(35)29-16(3)18-7-5-4-6-8-18/h4-12,15-16,20-23,32H,13-14H2,1-3H3,(H2,28,33)(H,29,35)(H,30,34)(H,31,36)/t16-,20-,21-,22-,23-/m0/s1. The van der Waals surface area contributed by atoms with Crippen LogP contribution in [-0.2, 0) is 30.3 Å². The SMILES string of the molecule is CC(C)C[C@H](NC(=O)[C@H]1O[C@@H]1C(=O)N[C@@H](C)c1ccccc1)C(=O)N[C@@H](Cc1ccc(O)cc1)C(N)=O. The lowest BCUT2D eigenvalue weighted by molar-refractivity contribution is -0.132. The first-order valence-corrected chi connectivity index (χ1v) is 12.2. The van der Waals surface area contributed by atoms with Crippen LogP contribution in [0.5, 0.6) is 5.75 Å². The van der Waals surface area contributed by atoms with Gasteiger partial charge in [-0.2, -0.15) is 0 Å². The molecule has 0 aliphatic carbocycles. The van der Waals surface area contributed by atoms with Crippen LogP contribution in [0.3, 0.4) is 0 Å². The first-order chi connectivity index (χ1) is 17.5. The normalized spacial score (nSPS) is 18.8. The third-order valence-electron chi connectivity index (χ3n) is 6.04. The molecule has 1 aliphatic heterocycles. The number of rotatable bonds is 12. The molecule has 2 aromatic rings. The summed E-state index contributed by atoms with van der Waals surface area (Å²) in [4.78, 5) is 50.4. The van der Waals surface area contributed by atoms with Crippen molar-refractivity contribution in [3.8, 4) is 5.75 Å². The Bertz CT molecular complexity index is 1110. The average Bonchev–Trinajstić information content (AvgIpc) is 3.66. The largest absolute Gasteiger partial charge is 0.508 e. The zero-order chi connectivity index (χ0) is 27.1. The first kappa shape index (κ1) is 27.7. The number of carbonyl (C=O) groups excluding carboxylic acids is 4. The molecule has 4 amide bonds. The van der Waals surface area contributed by atoms with E-state index in [0.717, 1.165) is 5.56 Å². The Balaban J connectivity index is 1.58. The molecule has 2 aromatic carbocycles. The molecule has 1 fully saturated rings. The van der Waals surface area contributed by atoms with Gasteiger partial charge in [0.05, 0.1) is 6.04 Å². The third kappa shape index (κ3) is 8.04. The Hall–Kier alpha value is -3.92. The van der Waals surface area contributed by atoms with Crippen molar-refractivity contribution in [2.24, 2.45) is 11.7 Å². The molecule has 0 bridgehead atoms. The molecule has 5 atom stereocenters. The van der Waals surface area contributed by atoms with Crippen LogP contribution >= 0.6 is 0 Å². The Morgan fingerprint density at radius 2 is 1.46 bits per heavy atom. The summed E-state index contributed by atoms with van der Waals surface area (Å²) in [7, 11) is 0. The second-order valence-electron chi connectivity index (χ2n) is 9.64. The number of hydrogen-bond donors (Lipinski definition) is 5. The van der Waals surface area contributed by atoms with Crippen molar-refractivity contribution in [1.82, 2.24) is 16.0 Å². The summed E-state index contributed by atoms with van der Waals surface area (Å²) in [5.41, 5.74) is 7.11. The van der Waals surface area contributed by atoms with E-state index in [2.05, 4.69) is 16.0 Å². The number of phenolic OH excluding ortho intramolecular Hbond substituents is 1. The lowest BCUT2D eigenvalue weighted by Crippen LogP contribution is -2.54. The quantitative estimate of drug-likeness (QED) is 0.268. The summed E-state index contributed by atoms with van der Waals surface area (Å²) in [5.74, 6) is -2.17. The van der Waals surface area contributed by atoms with E-state index in [-0.39, 0.29) is 24.1 Å². The molecular formula is C27H34N4O6. The summed E-state index contributed by atoms with van der Waals surface area (Å²) >= 11 is 0. The average molecular weight is 511 g/mol. The number of benzene rings is 2. The van der Waals surface area contributed by atoms with E-state index in [1.807, 2.05) is 51.1 Å². The van der Waals surface area contributed by atoms with Gasteiger partial charge in [-0.05, 0) is 42.5 Å². The Labute approximate surface area is 216 Å². The van der Waals surface area contributed by atoms with Gasteiger partial charge in [0.2, 0.25) is 11.8 Å². The molecule has 0 aromatic heterocycles. The van der Waals surface area contributed by atoms with E-state index in [0.29, 0.717) is 12.0 Å².